The molecule has 86 valence electrons. The highest BCUT2D eigenvalue weighted by molar-refractivity contribution is 5.92. The summed E-state index contributed by atoms with van der Waals surface area (Å²) in [5.74, 6) is -0.409. The van der Waals surface area contributed by atoms with E-state index in [9.17, 15) is 4.79 Å². The van der Waals surface area contributed by atoms with Crippen molar-refractivity contribution in [3.05, 3.63) is 28.4 Å². The van der Waals surface area contributed by atoms with Crippen LogP contribution in [0.15, 0.2) is 6.07 Å². The summed E-state index contributed by atoms with van der Waals surface area (Å²) in [6.45, 7) is 5.50. The first kappa shape index (κ1) is 12.2. The fourth-order valence-electron chi connectivity index (χ4n) is 1.61. The fourth-order valence-corrected chi connectivity index (χ4v) is 1.61. The predicted octanol–water partition coefficient (Wildman–Crippen LogP) is 1.22. The molecule has 5 nitrogen and oxygen atoms in total. The number of aryl methyl sites for hydroxylation is 1. The zero-order valence-corrected chi connectivity index (χ0v) is 9.63. The van der Waals surface area contributed by atoms with Gasteiger partial charge in [-0.1, -0.05) is 0 Å². The largest absolute Gasteiger partial charge is 0.462 e. The maximum atomic E-state index is 11.7. The summed E-state index contributed by atoms with van der Waals surface area (Å²) in [6.07, 6.45) is 1.01. The van der Waals surface area contributed by atoms with E-state index in [1.165, 1.54) is 4.57 Å². The Bertz CT molecular complexity index is 489. The molecule has 0 aliphatic heterocycles. The van der Waals surface area contributed by atoms with Gasteiger partial charge in [-0.15, -0.1) is 0 Å². The minimum absolute atomic E-state index is 0.179. The minimum Gasteiger partial charge on any atom is -0.462 e. The number of hydrogen-bond acceptors (Lipinski definition) is 4. The number of hydrogen-bond donors (Lipinski definition) is 2. The van der Waals surface area contributed by atoms with Crippen LogP contribution in [0.5, 0.6) is 0 Å². The molecule has 16 heavy (non-hydrogen) atoms. The van der Waals surface area contributed by atoms with E-state index in [0.717, 1.165) is 6.34 Å². The van der Waals surface area contributed by atoms with Crippen LogP contribution in [0.1, 0.15) is 28.5 Å². The SMILES string of the molecule is CCOC(=O)c1c(C)cc(=N)n(C=N)c1C. The second-order valence-corrected chi connectivity index (χ2v) is 3.39. The highest BCUT2D eigenvalue weighted by atomic mass is 16.5. The van der Waals surface area contributed by atoms with Gasteiger partial charge in [0.25, 0.3) is 0 Å². The van der Waals surface area contributed by atoms with Gasteiger partial charge >= 0.3 is 5.97 Å². The molecule has 1 rings (SSSR count). The highest BCUT2D eigenvalue weighted by Crippen LogP contribution is 2.11. The first-order valence-electron chi connectivity index (χ1n) is 4.98. The Morgan fingerprint density at radius 2 is 2.19 bits per heavy atom. The van der Waals surface area contributed by atoms with Crippen LogP contribution in [0.3, 0.4) is 0 Å². The zero-order valence-electron chi connectivity index (χ0n) is 9.63. The third-order valence-electron chi connectivity index (χ3n) is 2.34. The number of aromatic nitrogens is 1. The smallest absolute Gasteiger partial charge is 0.340 e. The first-order chi connectivity index (χ1) is 7.52. The Kier molecular flexibility index (Phi) is 3.60. The molecule has 0 amide bonds. The average molecular weight is 221 g/mol. The van der Waals surface area contributed by atoms with Crippen molar-refractivity contribution in [3.63, 3.8) is 0 Å². The van der Waals surface area contributed by atoms with Gasteiger partial charge in [0.15, 0.2) is 0 Å². The van der Waals surface area contributed by atoms with Crippen molar-refractivity contribution < 1.29 is 9.53 Å². The van der Waals surface area contributed by atoms with E-state index in [2.05, 4.69) is 0 Å². The number of nitrogens with one attached hydrogen (secondary N) is 2. The number of carbonyl (C=O) groups excluding carboxylic acids is 1. The Balaban J connectivity index is 3.45. The Hall–Kier alpha value is -1.91. The van der Waals surface area contributed by atoms with E-state index in [0.29, 0.717) is 23.4 Å². The number of pyridine rings is 1. The van der Waals surface area contributed by atoms with Crippen molar-refractivity contribution in [2.75, 3.05) is 6.61 Å². The first-order valence-corrected chi connectivity index (χ1v) is 4.98. The van der Waals surface area contributed by atoms with Crippen molar-refractivity contribution in [3.8, 4) is 0 Å². The fraction of sp³-hybridized carbons (Fsp3) is 0.364. The van der Waals surface area contributed by atoms with E-state index in [1.807, 2.05) is 0 Å². The van der Waals surface area contributed by atoms with E-state index >= 15 is 0 Å². The molecule has 1 aromatic heterocycles. The van der Waals surface area contributed by atoms with Crippen LogP contribution in [-0.4, -0.2) is 23.5 Å². The van der Waals surface area contributed by atoms with Gasteiger partial charge in [-0.2, -0.15) is 0 Å². The molecule has 0 fully saturated rings. The molecule has 0 aliphatic rings. The second-order valence-electron chi connectivity index (χ2n) is 3.39. The number of carbonyl (C=O) groups is 1. The van der Waals surface area contributed by atoms with Crippen LogP contribution in [0.25, 0.3) is 0 Å². The lowest BCUT2D eigenvalue weighted by atomic mass is 10.1. The lowest BCUT2D eigenvalue weighted by Crippen LogP contribution is -2.25. The maximum Gasteiger partial charge on any atom is 0.340 e. The summed E-state index contributed by atoms with van der Waals surface area (Å²) in [6, 6.07) is 1.55. The molecule has 5 heteroatoms. The number of rotatable bonds is 3. The summed E-state index contributed by atoms with van der Waals surface area (Å²) < 4.78 is 6.27. The summed E-state index contributed by atoms with van der Waals surface area (Å²) >= 11 is 0. The molecule has 0 aromatic carbocycles. The minimum atomic E-state index is -0.409. The maximum absolute atomic E-state index is 11.7. The van der Waals surface area contributed by atoms with Gasteiger partial charge in [0.1, 0.15) is 5.49 Å². The van der Waals surface area contributed by atoms with Gasteiger partial charge in [0.05, 0.1) is 18.5 Å². The highest BCUT2D eigenvalue weighted by Gasteiger charge is 2.15. The van der Waals surface area contributed by atoms with Gasteiger partial charge in [0, 0.05) is 5.69 Å². The Morgan fingerprint density at radius 3 is 2.69 bits per heavy atom. The van der Waals surface area contributed by atoms with Crippen LogP contribution < -0.4 is 5.49 Å². The van der Waals surface area contributed by atoms with Crippen LogP contribution >= 0.6 is 0 Å². The summed E-state index contributed by atoms with van der Waals surface area (Å²) in [5, 5.41) is 14.9. The second kappa shape index (κ2) is 4.74. The Labute approximate surface area is 93.7 Å². The lowest BCUT2D eigenvalue weighted by Gasteiger charge is -2.12. The van der Waals surface area contributed by atoms with Gasteiger partial charge in [-0.05, 0) is 32.4 Å². The van der Waals surface area contributed by atoms with E-state index < -0.39 is 5.97 Å². The molecule has 0 saturated heterocycles. The standard InChI is InChI=1S/C11H15N3O2/c1-4-16-11(15)10-7(2)5-9(13)14(6-12)8(10)3/h5-6,12-13H,4H2,1-3H3. The van der Waals surface area contributed by atoms with Gasteiger partial charge < -0.3 is 4.74 Å². The quantitative estimate of drug-likeness (QED) is 0.457. The third-order valence-corrected chi connectivity index (χ3v) is 2.34. The molecule has 1 heterocycles. The number of ether oxygens (including phenoxy) is 1. The van der Waals surface area contributed by atoms with E-state index in [-0.39, 0.29) is 5.49 Å². The van der Waals surface area contributed by atoms with Gasteiger partial charge in [0.2, 0.25) is 0 Å². The van der Waals surface area contributed by atoms with Crippen molar-refractivity contribution in [1.82, 2.24) is 4.57 Å². The van der Waals surface area contributed by atoms with Crippen LogP contribution in [0.4, 0.5) is 0 Å². The molecule has 0 atom stereocenters. The van der Waals surface area contributed by atoms with Crippen molar-refractivity contribution in [1.29, 1.82) is 10.8 Å². The monoisotopic (exact) mass is 221 g/mol. The lowest BCUT2D eigenvalue weighted by molar-refractivity contribution is 0.0524. The summed E-state index contributed by atoms with van der Waals surface area (Å²) in [7, 11) is 0. The average Bonchev–Trinajstić information content (AvgIpc) is 2.17. The van der Waals surface area contributed by atoms with E-state index in [1.54, 1.807) is 26.8 Å². The van der Waals surface area contributed by atoms with E-state index in [4.69, 9.17) is 15.6 Å². The van der Waals surface area contributed by atoms with Crippen molar-refractivity contribution >= 4 is 12.3 Å². The molecule has 0 spiro atoms. The molecule has 0 aliphatic carbocycles. The van der Waals surface area contributed by atoms with Crippen LogP contribution in [0.2, 0.25) is 0 Å². The molecular formula is C11H15N3O2. The molecular weight excluding hydrogens is 206 g/mol. The summed E-state index contributed by atoms with van der Waals surface area (Å²) in [5.41, 5.74) is 1.86. The third kappa shape index (κ3) is 2.03. The van der Waals surface area contributed by atoms with Crippen molar-refractivity contribution in [2.45, 2.75) is 20.8 Å². The Morgan fingerprint density at radius 1 is 1.56 bits per heavy atom. The molecule has 0 bridgehead atoms. The normalized spacial score (nSPS) is 9.94. The molecule has 0 unspecified atom stereocenters. The van der Waals surface area contributed by atoms with Crippen molar-refractivity contribution in [2.24, 2.45) is 0 Å². The molecule has 2 N–H and O–H groups in total. The number of nitrogens with zero attached hydrogens (tertiary/aromatic N) is 1. The molecule has 0 saturated carbocycles. The molecule has 1 aromatic rings. The topological polar surface area (TPSA) is 78.9 Å². The van der Waals surface area contributed by atoms with Crippen LogP contribution in [-0.2, 0) is 4.74 Å². The van der Waals surface area contributed by atoms with Gasteiger partial charge in [-0.3, -0.25) is 15.4 Å². The summed E-state index contributed by atoms with van der Waals surface area (Å²) in [4.78, 5) is 11.7. The number of esters is 1. The van der Waals surface area contributed by atoms with Crippen LogP contribution in [0, 0.1) is 24.7 Å². The predicted molar refractivity (Wildman–Crippen MR) is 59.9 cm³/mol. The van der Waals surface area contributed by atoms with Gasteiger partial charge in [-0.25, -0.2) is 4.79 Å². The molecule has 0 radical (unpaired) electrons. The zero-order chi connectivity index (χ0) is 12.3.